The minimum Gasteiger partial charge on any atom is -0.497 e. The van der Waals surface area contributed by atoms with Gasteiger partial charge in [-0.2, -0.15) is 8.78 Å². The third-order valence-electron chi connectivity index (χ3n) is 2.01. The van der Waals surface area contributed by atoms with Gasteiger partial charge in [0, 0.05) is 35.3 Å². The van der Waals surface area contributed by atoms with Crippen molar-refractivity contribution in [1.29, 1.82) is 0 Å². The molecule has 1 rings (SSSR count). The van der Waals surface area contributed by atoms with E-state index in [1.54, 1.807) is 24.3 Å². The highest BCUT2D eigenvalue weighted by atomic mass is 127. The van der Waals surface area contributed by atoms with Crippen LogP contribution in [0.4, 0.5) is 14.5 Å². The van der Waals surface area contributed by atoms with Gasteiger partial charge in [0.25, 0.3) is 0 Å². The van der Waals surface area contributed by atoms with E-state index in [1.165, 1.54) is 14.2 Å². The van der Waals surface area contributed by atoms with E-state index in [4.69, 9.17) is 4.74 Å². The number of amides is 1. The molecular weight excluding hydrogens is 331 g/mol. The Balaban J connectivity index is 2.88. The van der Waals surface area contributed by atoms with Crippen LogP contribution in [0.15, 0.2) is 24.3 Å². The summed E-state index contributed by atoms with van der Waals surface area (Å²) in [4.78, 5) is 12.2. The van der Waals surface area contributed by atoms with Crippen LogP contribution in [0.2, 0.25) is 0 Å². The fourth-order valence-corrected chi connectivity index (χ4v) is 1.48. The molecule has 0 bridgehead atoms. The Morgan fingerprint density at radius 1 is 1.38 bits per heavy atom. The van der Waals surface area contributed by atoms with Crippen LogP contribution in [-0.2, 0) is 4.79 Å². The fourth-order valence-electron chi connectivity index (χ4n) is 1.11. The second-order valence-electron chi connectivity index (χ2n) is 3.06. The Morgan fingerprint density at radius 3 is 2.25 bits per heavy atom. The number of halogens is 3. The van der Waals surface area contributed by atoms with E-state index < -0.39 is 9.84 Å². The Hall–Kier alpha value is -0.920. The summed E-state index contributed by atoms with van der Waals surface area (Å²) in [6.07, 6.45) is 0. The second-order valence-corrected chi connectivity index (χ2v) is 4.41. The van der Waals surface area contributed by atoms with Crippen LogP contribution >= 0.6 is 22.6 Å². The van der Waals surface area contributed by atoms with Crippen LogP contribution in [0.25, 0.3) is 0 Å². The van der Waals surface area contributed by atoms with E-state index in [-0.39, 0.29) is 0 Å². The standard InChI is InChI=1S/C10H10F2INO2/c1-14(9(15)10(11,12)13)7-3-5-8(16-2)6-4-7/h3-6H,1-2H3. The van der Waals surface area contributed by atoms with Gasteiger partial charge in [-0.15, -0.1) is 0 Å². The number of ether oxygens (including phenoxy) is 1. The summed E-state index contributed by atoms with van der Waals surface area (Å²) in [5.41, 5.74) is 0.391. The zero-order valence-corrected chi connectivity index (χ0v) is 10.9. The van der Waals surface area contributed by atoms with Crippen LogP contribution in [-0.4, -0.2) is 24.0 Å². The molecule has 16 heavy (non-hydrogen) atoms. The highest BCUT2D eigenvalue weighted by molar-refractivity contribution is 14.1. The van der Waals surface area contributed by atoms with Gasteiger partial charge in [-0.05, 0) is 24.3 Å². The van der Waals surface area contributed by atoms with E-state index >= 15 is 0 Å². The molecule has 0 saturated carbocycles. The molecular formula is C10H10F2INO2. The number of benzene rings is 1. The molecule has 0 aliphatic rings. The predicted octanol–water partition coefficient (Wildman–Crippen LogP) is 2.69. The molecule has 0 saturated heterocycles. The van der Waals surface area contributed by atoms with Crippen LogP contribution in [0.3, 0.4) is 0 Å². The summed E-state index contributed by atoms with van der Waals surface area (Å²) >= 11 is 0.809. The quantitative estimate of drug-likeness (QED) is 0.625. The lowest BCUT2D eigenvalue weighted by Gasteiger charge is -2.20. The van der Waals surface area contributed by atoms with Crippen molar-refractivity contribution in [1.82, 2.24) is 0 Å². The lowest BCUT2D eigenvalue weighted by Crippen LogP contribution is -2.37. The highest BCUT2D eigenvalue weighted by Crippen LogP contribution is 2.28. The number of anilines is 1. The maximum absolute atomic E-state index is 12.8. The van der Waals surface area contributed by atoms with Crippen LogP contribution in [0.1, 0.15) is 0 Å². The molecule has 0 spiro atoms. The molecule has 0 fully saturated rings. The molecule has 0 aliphatic carbocycles. The van der Waals surface area contributed by atoms with Crippen molar-refractivity contribution in [3.8, 4) is 5.75 Å². The highest BCUT2D eigenvalue weighted by Gasteiger charge is 2.37. The lowest BCUT2D eigenvalue weighted by atomic mass is 10.3. The largest absolute Gasteiger partial charge is 0.497 e. The average Bonchev–Trinajstić information content (AvgIpc) is 2.26. The smallest absolute Gasteiger partial charge is 0.373 e. The third-order valence-corrected chi connectivity index (χ3v) is 2.47. The predicted molar refractivity (Wildman–Crippen MR) is 65.4 cm³/mol. The molecule has 1 aromatic rings. The zero-order valence-electron chi connectivity index (χ0n) is 8.71. The van der Waals surface area contributed by atoms with E-state index in [1.807, 2.05) is 0 Å². The number of nitrogens with zero attached hydrogens (tertiary/aromatic N) is 1. The molecule has 1 aromatic carbocycles. The zero-order chi connectivity index (χ0) is 12.3. The van der Waals surface area contributed by atoms with E-state index in [9.17, 15) is 13.6 Å². The molecule has 0 N–H and O–H groups in total. The first kappa shape index (κ1) is 13.1. The molecule has 3 nitrogen and oxygen atoms in total. The van der Waals surface area contributed by atoms with Gasteiger partial charge in [0.2, 0.25) is 0 Å². The Kier molecular flexibility index (Phi) is 4.06. The van der Waals surface area contributed by atoms with Gasteiger partial charge in [-0.1, -0.05) is 0 Å². The third kappa shape index (κ3) is 3.03. The molecule has 1 amide bonds. The van der Waals surface area contributed by atoms with Crippen LogP contribution < -0.4 is 9.64 Å². The van der Waals surface area contributed by atoms with Gasteiger partial charge in [-0.3, -0.25) is 4.79 Å². The van der Waals surface area contributed by atoms with Gasteiger partial charge in [0.05, 0.1) is 7.11 Å². The van der Waals surface area contributed by atoms with Gasteiger partial charge < -0.3 is 9.64 Å². The number of carbonyl (C=O) groups is 1. The van der Waals surface area contributed by atoms with E-state index in [2.05, 4.69) is 0 Å². The summed E-state index contributed by atoms with van der Waals surface area (Å²) < 4.78 is 27.1. The molecule has 6 heteroatoms. The lowest BCUT2D eigenvalue weighted by molar-refractivity contribution is -0.130. The van der Waals surface area contributed by atoms with Crippen LogP contribution in [0.5, 0.6) is 5.75 Å². The van der Waals surface area contributed by atoms with Crippen molar-refractivity contribution in [2.45, 2.75) is 3.93 Å². The Bertz CT molecular complexity index is 375. The minimum absolute atomic E-state index is 0.391. The maximum Gasteiger partial charge on any atom is 0.373 e. The summed E-state index contributed by atoms with van der Waals surface area (Å²) in [7, 11) is 2.81. The minimum atomic E-state index is -3.40. The molecule has 0 aromatic heterocycles. The fraction of sp³-hybridized carbons (Fsp3) is 0.300. The number of rotatable bonds is 3. The van der Waals surface area contributed by atoms with Crippen molar-refractivity contribution >= 4 is 34.2 Å². The first-order valence-corrected chi connectivity index (χ1v) is 5.43. The Labute approximate surface area is 106 Å². The number of carbonyl (C=O) groups excluding carboxylic acids is 1. The molecule has 0 atom stereocenters. The van der Waals surface area contributed by atoms with Crippen molar-refractivity contribution in [2.24, 2.45) is 0 Å². The summed E-state index contributed by atoms with van der Waals surface area (Å²) in [5, 5.41) is 0. The SMILES string of the molecule is COc1ccc(N(C)C(=O)C(F)(F)I)cc1. The number of alkyl halides is 3. The summed E-state index contributed by atoms with van der Waals surface area (Å²) in [6.45, 7) is 0. The van der Waals surface area contributed by atoms with Crippen molar-refractivity contribution in [3.63, 3.8) is 0 Å². The molecule has 0 radical (unpaired) electrons. The monoisotopic (exact) mass is 341 g/mol. The van der Waals surface area contributed by atoms with Gasteiger partial charge in [-0.25, -0.2) is 0 Å². The van der Waals surface area contributed by atoms with Gasteiger partial charge in [0.1, 0.15) is 5.75 Å². The topological polar surface area (TPSA) is 29.5 Å². The normalized spacial score (nSPS) is 11.1. The van der Waals surface area contributed by atoms with E-state index in [0.29, 0.717) is 11.4 Å². The van der Waals surface area contributed by atoms with Crippen molar-refractivity contribution < 1.29 is 18.3 Å². The van der Waals surface area contributed by atoms with Gasteiger partial charge in [0.15, 0.2) is 0 Å². The van der Waals surface area contributed by atoms with Gasteiger partial charge >= 0.3 is 9.84 Å². The average molecular weight is 341 g/mol. The van der Waals surface area contributed by atoms with E-state index in [0.717, 1.165) is 27.5 Å². The molecule has 0 aliphatic heterocycles. The number of hydrogen-bond donors (Lipinski definition) is 0. The second kappa shape index (κ2) is 4.94. The number of methoxy groups -OCH3 is 1. The molecule has 0 unspecified atom stereocenters. The number of hydrogen-bond acceptors (Lipinski definition) is 2. The van der Waals surface area contributed by atoms with Crippen molar-refractivity contribution in [3.05, 3.63) is 24.3 Å². The van der Waals surface area contributed by atoms with Crippen LogP contribution in [0, 0.1) is 0 Å². The first-order valence-electron chi connectivity index (χ1n) is 4.35. The summed E-state index contributed by atoms with van der Waals surface area (Å²) in [6, 6.07) is 6.28. The molecule has 0 heterocycles. The molecule has 88 valence electrons. The summed E-state index contributed by atoms with van der Waals surface area (Å²) in [5.74, 6) is -0.649. The van der Waals surface area contributed by atoms with Crippen molar-refractivity contribution in [2.75, 3.05) is 19.1 Å². The maximum atomic E-state index is 12.8. The first-order chi connectivity index (χ1) is 7.36. The Morgan fingerprint density at radius 2 is 1.88 bits per heavy atom.